The van der Waals surface area contributed by atoms with E-state index in [2.05, 4.69) is 32.5 Å². The van der Waals surface area contributed by atoms with Crippen LogP contribution in [0.2, 0.25) is 0 Å². The molecule has 3 rings (SSSR count). The third-order valence-corrected chi connectivity index (χ3v) is 3.00. The highest BCUT2D eigenvalue weighted by molar-refractivity contribution is 5.47. The minimum atomic E-state index is 0.790. The average Bonchev–Trinajstić information content (AvgIpc) is 2.94. The van der Waals surface area contributed by atoms with Crippen LogP contribution in [0.5, 0.6) is 0 Å². The topological polar surface area (TPSA) is 41.9 Å². The molecule has 3 aromatic rings. The van der Waals surface area contributed by atoms with Crippen molar-refractivity contribution in [3.05, 3.63) is 78.6 Å². The van der Waals surface area contributed by atoms with E-state index in [9.17, 15) is 0 Å². The van der Waals surface area contributed by atoms with Gasteiger partial charge in [0.1, 0.15) is 0 Å². The number of hydrazine groups is 1. The number of hydrogen-bond donors (Lipinski definition) is 2. The number of nitrogens with one attached hydrogen (secondary N) is 2. The van der Waals surface area contributed by atoms with Gasteiger partial charge in [-0.1, -0.05) is 48.5 Å². The van der Waals surface area contributed by atoms with Crippen LogP contribution in [-0.4, -0.2) is 9.55 Å². The molecular formula is C16H16N4. The Kier molecular flexibility index (Phi) is 3.64. The Morgan fingerprint density at radius 1 is 0.850 bits per heavy atom. The molecule has 0 aliphatic heterocycles. The SMILES string of the molecule is c1ccc([13CH2]n2ccnc2NNc2ccccc2)cc1. The van der Waals surface area contributed by atoms with Crippen LogP contribution in [0, 0.1) is 0 Å². The van der Waals surface area contributed by atoms with Crippen molar-refractivity contribution in [1.29, 1.82) is 0 Å². The van der Waals surface area contributed by atoms with Gasteiger partial charge in [-0.2, -0.15) is 0 Å². The summed E-state index contributed by atoms with van der Waals surface area (Å²) in [7, 11) is 0. The summed E-state index contributed by atoms with van der Waals surface area (Å²) in [5.74, 6) is 0.790. The number of hydrogen-bond acceptors (Lipinski definition) is 3. The number of nitrogens with zero attached hydrogens (tertiary/aromatic N) is 2. The van der Waals surface area contributed by atoms with E-state index in [-0.39, 0.29) is 0 Å². The molecule has 1 heterocycles. The third kappa shape index (κ3) is 2.98. The van der Waals surface area contributed by atoms with Crippen molar-refractivity contribution < 1.29 is 0 Å². The van der Waals surface area contributed by atoms with Gasteiger partial charge >= 0.3 is 0 Å². The van der Waals surface area contributed by atoms with Crippen molar-refractivity contribution in [1.82, 2.24) is 9.55 Å². The van der Waals surface area contributed by atoms with Crippen LogP contribution < -0.4 is 10.9 Å². The molecule has 0 aliphatic carbocycles. The Morgan fingerprint density at radius 3 is 2.30 bits per heavy atom. The molecular weight excluding hydrogens is 249 g/mol. The van der Waals surface area contributed by atoms with Gasteiger partial charge in [0.2, 0.25) is 5.95 Å². The summed E-state index contributed by atoms with van der Waals surface area (Å²) in [6.45, 7) is 0.791. The molecule has 0 spiro atoms. The van der Waals surface area contributed by atoms with Gasteiger partial charge in [0.15, 0.2) is 0 Å². The van der Waals surface area contributed by atoms with E-state index in [1.165, 1.54) is 5.56 Å². The van der Waals surface area contributed by atoms with E-state index in [1.54, 1.807) is 6.20 Å². The van der Waals surface area contributed by atoms with Crippen molar-refractivity contribution in [3.8, 4) is 0 Å². The second-order valence-corrected chi connectivity index (χ2v) is 4.48. The van der Waals surface area contributed by atoms with Crippen molar-refractivity contribution in [3.63, 3.8) is 0 Å². The van der Waals surface area contributed by atoms with Crippen LogP contribution in [0.15, 0.2) is 73.1 Å². The van der Waals surface area contributed by atoms with Crippen LogP contribution in [0.4, 0.5) is 11.6 Å². The number of aromatic nitrogens is 2. The highest BCUT2D eigenvalue weighted by atomic mass is 15.4. The quantitative estimate of drug-likeness (QED) is 0.549. The van der Waals surface area contributed by atoms with E-state index in [4.69, 9.17) is 0 Å². The first-order valence-electron chi connectivity index (χ1n) is 6.54. The van der Waals surface area contributed by atoms with Gasteiger partial charge < -0.3 is 4.57 Å². The smallest absolute Gasteiger partial charge is 0.222 e. The molecule has 4 nitrogen and oxygen atoms in total. The van der Waals surface area contributed by atoms with Crippen LogP contribution >= 0.6 is 0 Å². The fraction of sp³-hybridized carbons (Fsp3) is 0.0625. The molecule has 0 bridgehead atoms. The van der Waals surface area contributed by atoms with Crippen LogP contribution in [0.25, 0.3) is 0 Å². The summed E-state index contributed by atoms with van der Waals surface area (Å²) in [5.41, 5.74) is 8.52. The molecule has 0 amide bonds. The fourth-order valence-corrected chi connectivity index (χ4v) is 1.99. The minimum absolute atomic E-state index is 0.790. The van der Waals surface area contributed by atoms with Gasteiger partial charge in [0.05, 0.1) is 12.2 Å². The first kappa shape index (κ1) is 12.3. The highest BCUT2D eigenvalue weighted by Gasteiger charge is 2.02. The summed E-state index contributed by atoms with van der Waals surface area (Å²) in [6, 6.07) is 20.3. The van der Waals surface area contributed by atoms with Crippen LogP contribution in [-0.2, 0) is 6.54 Å². The zero-order valence-corrected chi connectivity index (χ0v) is 11.0. The van der Waals surface area contributed by atoms with Crippen molar-refractivity contribution in [2.75, 3.05) is 10.9 Å². The molecule has 2 N–H and O–H groups in total. The van der Waals surface area contributed by atoms with Gasteiger partial charge in [0, 0.05) is 12.4 Å². The van der Waals surface area contributed by atoms with Crippen molar-refractivity contribution in [2.24, 2.45) is 0 Å². The zero-order chi connectivity index (χ0) is 13.6. The Balaban J connectivity index is 1.68. The predicted octanol–water partition coefficient (Wildman–Crippen LogP) is 3.37. The third-order valence-electron chi connectivity index (χ3n) is 3.00. The van der Waals surface area contributed by atoms with Crippen LogP contribution in [0.3, 0.4) is 0 Å². The summed E-state index contributed by atoms with van der Waals surface area (Å²) in [5, 5.41) is 0. The standard InChI is InChI=1S/C16H16N4/c1-3-7-14(8-4-1)13-20-12-11-17-16(20)19-18-15-9-5-2-6-10-15/h1-12,18H,13H2,(H,17,19)/i13+1. The number of imidazole rings is 1. The molecule has 100 valence electrons. The normalized spacial score (nSPS) is 10.2. The molecule has 0 fully saturated rings. The van der Waals surface area contributed by atoms with Gasteiger partial charge in [-0.3, -0.25) is 10.9 Å². The van der Waals surface area contributed by atoms with Gasteiger partial charge in [-0.15, -0.1) is 0 Å². The first-order chi connectivity index (χ1) is 9.92. The molecule has 0 aliphatic rings. The maximum absolute atomic E-state index is 4.32. The van der Waals surface area contributed by atoms with Crippen molar-refractivity contribution >= 4 is 11.6 Å². The van der Waals surface area contributed by atoms with Crippen molar-refractivity contribution in [2.45, 2.75) is 6.54 Å². The van der Waals surface area contributed by atoms with Gasteiger partial charge in [-0.05, 0) is 17.7 Å². The zero-order valence-electron chi connectivity index (χ0n) is 11.0. The van der Waals surface area contributed by atoms with E-state index in [0.29, 0.717) is 0 Å². The molecule has 2 aromatic carbocycles. The second-order valence-electron chi connectivity index (χ2n) is 4.48. The largest absolute Gasteiger partial charge is 0.312 e. The summed E-state index contributed by atoms with van der Waals surface area (Å²) < 4.78 is 2.06. The first-order valence-corrected chi connectivity index (χ1v) is 6.54. The number of benzene rings is 2. The lowest BCUT2D eigenvalue weighted by molar-refractivity contribution is 0.804. The van der Waals surface area contributed by atoms with E-state index in [1.807, 2.05) is 54.7 Å². The van der Waals surface area contributed by atoms with E-state index >= 15 is 0 Å². The second kappa shape index (κ2) is 5.93. The molecule has 1 aromatic heterocycles. The fourth-order valence-electron chi connectivity index (χ4n) is 1.99. The molecule has 0 unspecified atom stereocenters. The highest BCUT2D eigenvalue weighted by Crippen LogP contribution is 2.11. The molecule has 0 atom stereocenters. The Morgan fingerprint density at radius 2 is 1.55 bits per heavy atom. The van der Waals surface area contributed by atoms with E-state index < -0.39 is 0 Å². The van der Waals surface area contributed by atoms with Gasteiger partial charge in [-0.25, -0.2) is 4.98 Å². The maximum Gasteiger partial charge on any atom is 0.222 e. The number of para-hydroxylation sites is 1. The summed E-state index contributed by atoms with van der Waals surface area (Å²) >= 11 is 0. The average molecular weight is 265 g/mol. The Hall–Kier alpha value is -2.75. The summed E-state index contributed by atoms with van der Waals surface area (Å²) in [4.78, 5) is 4.32. The molecule has 0 radical (unpaired) electrons. The van der Waals surface area contributed by atoms with Crippen LogP contribution in [0.1, 0.15) is 5.56 Å². The lowest BCUT2D eigenvalue weighted by atomic mass is 10.3. The number of rotatable bonds is 5. The minimum Gasteiger partial charge on any atom is -0.312 e. The number of anilines is 2. The maximum atomic E-state index is 4.32. The molecule has 0 saturated heterocycles. The lowest BCUT2D eigenvalue weighted by Gasteiger charge is -2.11. The van der Waals surface area contributed by atoms with E-state index in [0.717, 1.165) is 18.2 Å². The Labute approximate surface area is 118 Å². The predicted molar refractivity (Wildman–Crippen MR) is 81.5 cm³/mol. The Bertz CT molecular complexity index is 647. The molecule has 20 heavy (non-hydrogen) atoms. The summed E-state index contributed by atoms with van der Waals surface area (Å²) in [6.07, 6.45) is 3.75. The molecule has 4 heteroatoms. The molecule has 0 saturated carbocycles. The lowest BCUT2D eigenvalue weighted by Crippen LogP contribution is -2.14. The monoisotopic (exact) mass is 265 g/mol. The van der Waals surface area contributed by atoms with Gasteiger partial charge in [0.25, 0.3) is 0 Å².